The first-order chi connectivity index (χ1) is 11.5. The molecule has 1 aromatic carbocycles. The Labute approximate surface area is 143 Å². The summed E-state index contributed by atoms with van der Waals surface area (Å²) in [6.45, 7) is 3.60. The summed E-state index contributed by atoms with van der Waals surface area (Å²) in [5.74, 6) is 0.841. The van der Waals surface area contributed by atoms with E-state index in [9.17, 15) is 9.59 Å². The first kappa shape index (κ1) is 16.1. The number of benzene rings is 1. The van der Waals surface area contributed by atoms with Gasteiger partial charge in [0.1, 0.15) is 11.5 Å². The zero-order valence-corrected chi connectivity index (χ0v) is 14.0. The molecule has 0 atom stereocenters. The fourth-order valence-corrected chi connectivity index (χ4v) is 3.29. The number of furan rings is 1. The van der Waals surface area contributed by atoms with Gasteiger partial charge in [-0.05, 0) is 62.0 Å². The molecule has 1 fully saturated rings. The van der Waals surface area contributed by atoms with Crippen molar-refractivity contribution in [2.45, 2.75) is 19.9 Å². The highest BCUT2D eigenvalue weighted by Gasteiger charge is 2.36. The van der Waals surface area contributed by atoms with Crippen LogP contribution < -0.4 is 0 Å². The molecule has 0 radical (unpaired) electrons. The van der Waals surface area contributed by atoms with E-state index in [1.165, 1.54) is 4.90 Å². The minimum Gasteiger partial charge on any atom is -0.457 e. The highest BCUT2D eigenvalue weighted by molar-refractivity contribution is 8.18. The van der Waals surface area contributed by atoms with E-state index in [4.69, 9.17) is 9.68 Å². The largest absolute Gasteiger partial charge is 0.457 e. The van der Waals surface area contributed by atoms with Crippen LogP contribution in [0, 0.1) is 11.3 Å². The van der Waals surface area contributed by atoms with Crippen LogP contribution in [0.4, 0.5) is 4.79 Å². The first-order valence-electron chi connectivity index (χ1n) is 7.37. The predicted octanol–water partition coefficient (Wildman–Crippen LogP) is 4.26. The number of carbonyl (C=O) groups excluding carboxylic acids is 2. The van der Waals surface area contributed by atoms with Gasteiger partial charge in [0.2, 0.25) is 0 Å². The third-order valence-corrected chi connectivity index (χ3v) is 4.42. The van der Waals surface area contributed by atoms with Crippen LogP contribution >= 0.6 is 11.8 Å². The van der Waals surface area contributed by atoms with Gasteiger partial charge < -0.3 is 4.42 Å². The summed E-state index contributed by atoms with van der Waals surface area (Å²) in [6, 6.07) is 12.5. The Balaban J connectivity index is 1.85. The molecule has 0 aliphatic carbocycles. The lowest BCUT2D eigenvalue weighted by molar-refractivity contribution is -0.123. The van der Waals surface area contributed by atoms with Crippen LogP contribution in [0.1, 0.15) is 25.2 Å². The third kappa shape index (κ3) is 2.99. The maximum Gasteiger partial charge on any atom is 0.293 e. The maximum atomic E-state index is 12.3. The van der Waals surface area contributed by atoms with Crippen LogP contribution in [0.2, 0.25) is 0 Å². The van der Waals surface area contributed by atoms with E-state index in [0.29, 0.717) is 22.0 Å². The van der Waals surface area contributed by atoms with Gasteiger partial charge in [-0.25, -0.2) is 0 Å². The SMILES string of the molecule is CC(C)N1C(=O)S/C(=C\c2ccc(-c3ccc(C#N)cc3)o2)C1=O. The summed E-state index contributed by atoms with van der Waals surface area (Å²) in [7, 11) is 0. The number of amides is 2. The Morgan fingerprint density at radius 1 is 1.17 bits per heavy atom. The van der Waals surface area contributed by atoms with Gasteiger partial charge in [-0.1, -0.05) is 0 Å². The zero-order chi connectivity index (χ0) is 17.3. The van der Waals surface area contributed by atoms with Gasteiger partial charge in [0.25, 0.3) is 11.1 Å². The first-order valence-corrected chi connectivity index (χ1v) is 8.18. The van der Waals surface area contributed by atoms with Crippen LogP contribution in [0.3, 0.4) is 0 Å². The van der Waals surface area contributed by atoms with E-state index in [1.54, 1.807) is 56.3 Å². The van der Waals surface area contributed by atoms with E-state index in [-0.39, 0.29) is 17.2 Å². The molecule has 1 aliphatic heterocycles. The van der Waals surface area contributed by atoms with Gasteiger partial charge in [0.05, 0.1) is 16.5 Å². The van der Waals surface area contributed by atoms with Crippen molar-refractivity contribution in [1.82, 2.24) is 4.90 Å². The minimum atomic E-state index is -0.295. The third-order valence-electron chi connectivity index (χ3n) is 3.54. The Kier molecular flexibility index (Phi) is 4.28. The Morgan fingerprint density at radius 2 is 1.88 bits per heavy atom. The molecule has 2 heterocycles. The van der Waals surface area contributed by atoms with E-state index in [1.807, 2.05) is 0 Å². The monoisotopic (exact) mass is 338 g/mol. The van der Waals surface area contributed by atoms with Crippen LogP contribution in [0.15, 0.2) is 45.7 Å². The van der Waals surface area contributed by atoms with Crippen LogP contribution in [0.5, 0.6) is 0 Å². The van der Waals surface area contributed by atoms with Crippen molar-refractivity contribution >= 4 is 29.0 Å². The number of thioether (sulfide) groups is 1. The molecule has 3 rings (SSSR count). The van der Waals surface area contributed by atoms with Gasteiger partial charge >= 0.3 is 0 Å². The quantitative estimate of drug-likeness (QED) is 0.782. The topological polar surface area (TPSA) is 74.3 Å². The fourth-order valence-electron chi connectivity index (χ4n) is 2.35. The molecule has 1 saturated heterocycles. The predicted molar refractivity (Wildman–Crippen MR) is 91.8 cm³/mol. The Bertz CT molecular complexity index is 872. The number of hydrogen-bond acceptors (Lipinski definition) is 5. The summed E-state index contributed by atoms with van der Waals surface area (Å²) in [4.78, 5) is 25.7. The molecule has 6 heteroatoms. The van der Waals surface area contributed by atoms with Crippen LogP contribution in [0.25, 0.3) is 17.4 Å². The average Bonchev–Trinajstić information content (AvgIpc) is 3.13. The van der Waals surface area contributed by atoms with E-state index < -0.39 is 0 Å². The summed E-state index contributed by atoms with van der Waals surface area (Å²) in [5, 5.41) is 8.56. The number of hydrogen-bond donors (Lipinski definition) is 0. The molecule has 2 aromatic rings. The molecule has 0 N–H and O–H groups in total. The Morgan fingerprint density at radius 3 is 2.46 bits per heavy atom. The van der Waals surface area contributed by atoms with Crippen molar-refractivity contribution in [3.05, 3.63) is 52.6 Å². The minimum absolute atomic E-state index is 0.172. The standard InChI is InChI=1S/C18H14N2O3S/c1-11(2)20-17(21)16(24-18(20)22)9-14-7-8-15(23-14)13-5-3-12(10-19)4-6-13/h3-9,11H,1-2H3/b16-9-. The lowest BCUT2D eigenvalue weighted by Crippen LogP contribution is -2.34. The second-order valence-electron chi connectivity index (χ2n) is 5.54. The molecule has 5 nitrogen and oxygen atoms in total. The van der Waals surface area contributed by atoms with E-state index >= 15 is 0 Å². The molecular formula is C18H14N2O3S. The smallest absolute Gasteiger partial charge is 0.293 e. The summed E-state index contributed by atoms with van der Waals surface area (Å²) in [6.07, 6.45) is 1.58. The highest BCUT2D eigenvalue weighted by Crippen LogP contribution is 2.34. The van der Waals surface area contributed by atoms with Gasteiger partial charge in [-0.3, -0.25) is 14.5 Å². The molecule has 0 bridgehead atoms. The van der Waals surface area contributed by atoms with E-state index in [2.05, 4.69) is 6.07 Å². The van der Waals surface area contributed by atoms with Gasteiger partial charge in [0.15, 0.2) is 0 Å². The van der Waals surface area contributed by atoms with Crippen molar-refractivity contribution in [3.8, 4) is 17.4 Å². The van der Waals surface area contributed by atoms with E-state index in [0.717, 1.165) is 17.3 Å². The van der Waals surface area contributed by atoms with Crippen molar-refractivity contribution in [3.63, 3.8) is 0 Å². The molecule has 0 spiro atoms. The number of nitriles is 1. The number of imide groups is 1. The van der Waals surface area contributed by atoms with Gasteiger partial charge in [-0.2, -0.15) is 5.26 Å². The molecule has 0 saturated carbocycles. The number of rotatable bonds is 3. The van der Waals surface area contributed by atoms with Crippen molar-refractivity contribution in [2.24, 2.45) is 0 Å². The molecular weight excluding hydrogens is 324 g/mol. The fraction of sp³-hybridized carbons (Fsp3) is 0.167. The molecule has 0 unspecified atom stereocenters. The summed E-state index contributed by atoms with van der Waals surface area (Å²) >= 11 is 0.917. The summed E-state index contributed by atoms with van der Waals surface area (Å²) < 4.78 is 5.73. The number of carbonyl (C=O) groups is 2. The van der Waals surface area contributed by atoms with Gasteiger partial charge in [-0.15, -0.1) is 0 Å². The summed E-state index contributed by atoms with van der Waals surface area (Å²) in [5.41, 5.74) is 1.41. The van der Waals surface area contributed by atoms with Crippen LogP contribution in [-0.2, 0) is 4.79 Å². The molecule has 1 aliphatic rings. The molecule has 1 aromatic heterocycles. The van der Waals surface area contributed by atoms with Gasteiger partial charge in [0, 0.05) is 17.7 Å². The Hall–Kier alpha value is -2.78. The second kappa shape index (κ2) is 6.38. The van der Waals surface area contributed by atoms with Crippen LogP contribution in [-0.4, -0.2) is 22.1 Å². The number of nitrogens with zero attached hydrogens (tertiary/aromatic N) is 2. The maximum absolute atomic E-state index is 12.3. The van der Waals surface area contributed by atoms with Crippen molar-refractivity contribution in [1.29, 1.82) is 5.26 Å². The van der Waals surface area contributed by atoms with Crippen molar-refractivity contribution < 1.29 is 14.0 Å². The molecule has 2 amide bonds. The normalized spacial score (nSPS) is 16.2. The molecule has 24 heavy (non-hydrogen) atoms. The average molecular weight is 338 g/mol. The lowest BCUT2D eigenvalue weighted by atomic mass is 10.1. The zero-order valence-electron chi connectivity index (χ0n) is 13.1. The second-order valence-corrected chi connectivity index (χ2v) is 6.53. The van der Waals surface area contributed by atoms with Crippen molar-refractivity contribution in [2.75, 3.05) is 0 Å². The molecule has 120 valence electrons. The highest BCUT2D eigenvalue weighted by atomic mass is 32.2. The lowest BCUT2D eigenvalue weighted by Gasteiger charge is -2.16.